The molecule has 1 rings (SSSR count). The van der Waals surface area contributed by atoms with Crippen molar-refractivity contribution in [3.63, 3.8) is 0 Å². The van der Waals surface area contributed by atoms with Gasteiger partial charge in [-0.25, -0.2) is 4.79 Å². The first-order valence-corrected chi connectivity index (χ1v) is 4.77. The molecule has 0 unspecified atom stereocenters. The van der Waals surface area contributed by atoms with Crippen LogP contribution in [0.3, 0.4) is 0 Å². The highest BCUT2D eigenvalue weighted by molar-refractivity contribution is 5.91. The molecule has 0 bridgehead atoms. The lowest BCUT2D eigenvalue weighted by atomic mass is 10.1. The summed E-state index contributed by atoms with van der Waals surface area (Å²) in [7, 11) is 0. The SMILES string of the molecule is CC(=O)/C=C/c1ccc(/C=C/C(=O)O)cc1. The first kappa shape index (κ1) is 11.9. The van der Waals surface area contributed by atoms with Crippen LogP contribution in [-0.2, 0) is 9.59 Å². The lowest BCUT2D eigenvalue weighted by Crippen LogP contribution is -1.85. The third-order valence-corrected chi connectivity index (χ3v) is 1.87. The summed E-state index contributed by atoms with van der Waals surface area (Å²) in [5, 5.41) is 8.44. The normalized spacial score (nSPS) is 11.1. The van der Waals surface area contributed by atoms with Crippen molar-refractivity contribution in [2.75, 3.05) is 0 Å². The first-order chi connectivity index (χ1) is 7.58. The van der Waals surface area contributed by atoms with Crippen molar-refractivity contribution < 1.29 is 14.7 Å². The minimum absolute atomic E-state index is 0.00477. The summed E-state index contributed by atoms with van der Waals surface area (Å²) in [6, 6.07) is 7.22. The van der Waals surface area contributed by atoms with E-state index >= 15 is 0 Å². The predicted octanol–water partition coefficient (Wildman–Crippen LogP) is 2.39. The van der Waals surface area contributed by atoms with Crippen molar-refractivity contribution in [3.8, 4) is 0 Å². The Morgan fingerprint density at radius 1 is 1.00 bits per heavy atom. The van der Waals surface area contributed by atoms with Crippen molar-refractivity contribution in [2.24, 2.45) is 0 Å². The Labute approximate surface area is 93.7 Å². The second kappa shape index (κ2) is 5.66. The molecule has 0 spiro atoms. The maximum atomic E-state index is 10.7. The number of hydrogen-bond acceptors (Lipinski definition) is 2. The van der Waals surface area contributed by atoms with Crippen LogP contribution in [-0.4, -0.2) is 16.9 Å². The van der Waals surface area contributed by atoms with Gasteiger partial charge in [0.15, 0.2) is 5.78 Å². The Kier molecular flexibility index (Phi) is 4.21. The zero-order chi connectivity index (χ0) is 12.0. The topological polar surface area (TPSA) is 54.4 Å². The van der Waals surface area contributed by atoms with Gasteiger partial charge in [-0.05, 0) is 30.2 Å². The summed E-state index contributed by atoms with van der Waals surface area (Å²) in [6.07, 6.45) is 5.80. The van der Waals surface area contributed by atoms with E-state index in [1.807, 2.05) is 12.1 Å². The van der Waals surface area contributed by atoms with Crippen LogP contribution in [0, 0.1) is 0 Å². The Balaban J connectivity index is 2.75. The number of carboxylic acids is 1. The number of allylic oxidation sites excluding steroid dienone is 1. The van der Waals surface area contributed by atoms with Crippen LogP contribution in [0.2, 0.25) is 0 Å². The van der Waals surface area contributed by atoms with Crippen molar-refractivity contribution in [3.05, 3.63) is 47.5 Å². The number of benzene rings is 1. The molecule has 0 atom stereocenters. The molecule has 0 aromatic heterocycles. The molecule has 0 aliphatic heterocycles. The van der Waals surface area contributed by atoms with E-state index in [4.69, 9.17) is 5.11 Å². The lowest BCUT2D eigenvalue weighted by molar-refractivity contribution is -0.131. The molecule has 3 nitrogen and oxygen atoms in total. The highest BCUT2D eigenvalue weighted by Crippen LogP contribution is 2.07. The molecule has 1 aromatic rings. The van der Waals surface area contributed by atoms with Crippen LogP contribution in [0.15, 0.2) is 36.4 Å². The number of ketones is 1. The summed E-state index contributed by atoms with van der Waals surface area (Å²) in [5.74, 6) is -0.976. The van der Waals surface area contributed by atoms with Crippen LogP contribution in [0.5, 0.6) is 0 Å². The average Bonchev–Trinajstić information content (AvgIpc) is 2.25. The molecule has 0 aliphatic carbocycles. The highest BCUT2D eigenvalue weighted by atomic mass is 16.4. The minimum atomic E-state index is -0.972. The molecule has 0 fully saturated rings. The molecule has 1 aromatic carbocycles. The third-order valence-electron chi connectivity index (χ3n) is 1.87. The molecule has 0 saturated heterocycles. The van der Waals surface area contributed by atoms with Crippen LogP contribution in [0.25, 0.3) is 12.2 Å². The lowest BCUT2D eigenvalue weighted by Gasteiger charge is -1.94. The minimum Gasteiger partial charge on any atom is -0.478 e. The first-order valence-electron chi connectivity index (χ1n) is 4.77. The van der Waals surface area contributed by atoms with E-state index in [1.54, 1.807) is 18.2 Å². The average molecular weight is 216 g/mol. The van der Waals surface area contributed by atoms with E-state index in [1.165, 1.54) is 19.1 Å². The fourth-order valence-electron chi connectivity index (χ4n) is 1.10. The summed E-state index contributed by atoms with van der Waals surface area (Å²) in [5.41, 5.74) is 1.71. The smallest absolute Gasteiger partial charge is 0.328 e. The Hall–Kier alpha value is -2.16. The molecule has 0 radical (unpaired) electrons. The Bertz CT molecular complexity index is 396. The number of rotatable bonds is 4. The Morgan fingerprint density at radius 3 is 1.81 bits per heavy atom. The molecule has 0 saturated carbocycles. The van der Waals surface area contributed by atoms with Gasteiger partial charge in [0.2, 0.25) is 0 Å². The quantitative estimate of drug-likeness (QED) is 0.786. The number of carbonyl (C=O) groups excluding carboxylic acids is 1. The Morgan fingerprint density at radius 2 is 1.44 bits per heavy atom. The number of hydrogen-bond donors (Lipinski definition) is 1. The molecule has 0 aliphatic rings. The van der Waals surface area contributed by atoms with Gasteiger partial charge >= 0.3 is 5.97 Å². The van der Waals surface area contributed by atoms with Gasteiger partial charge in [-0.1, -0.05) is 30.3 Å². The fourth-order valence-corrected chi connectivity index (χ4v) is 1.10. The van der Waals surface area contributed by atoms with Gasteiger partial charge in [0.25, 0.3) is 0 Å². The van der Waals surface area contributed by atoms with Crippen molar-refractivity contribution in [1.29, 1.82) is 0 Å². The second-order valence-electron chi connectivity index (χ2n) is 3.28. The van der Waals surface area contributed by atoms with Gasteiger partial charge in [-0.15, -0.1) is 0 Å². The highest BCUT2D eigenvalue weighted by Gasteiger charge is 1.91. The largest absolute Gasteiger partial charge is 0.478 e. The third kappa shape index (κ3) is 4.37. The van der Waals surface area contributed by atoms with Gasteiger partial charge in [-0.3, -0.25) is 4.79 Å². The summed E-state index contributed by atoms with van der Waals surface area (Å²) in [4.78, 5) is 21.0. The van der Waals surface area contributed by atoms with Crippen molar-refractivity contribution in [1.82, 2.24) is 0 Å². The van der Waals surface area contributed by atoms with E-state index in [0.717, 1.165) is 17.2 Å². The summed E-state index contributed by atoms with van der Waals surface area (Å²) in [6.45, 7) is 1.49. The number of carboxylic acid groups (broad SMARTS) is 1. The fraction of sp³-hybridized carbons (Fsp3) is 0.0769. The molecule has 82 valence electrons. The van der Waals surface area contributed by atoms with Gasteiger partial charge in [0, 0.05) is 6.08 Å². The van der Waals surface area contributed by atoms with Crippen LogP contribution in [0.4, 0.5) is 0 Å². The van der Waals surface area contributed by atoms with Gasteiger partial charge in [0.1, 0.15) is 0 Å². The maximum Gasteiger partial charge on any atom is 0.328 e. The maximum absolute atomic E-state index is 10.7. The zero-order valence-electron chi connectivity index (χ0n) is 8.88. The molecule has 0 amide bonds. The van der Waals surface area contributed by atoms with Gasteiger partial charge < -0.3 is 5.11 Å². The van der Waals surface area contributed by atoms with Gasteiger partial charge in [0.05, 0.1) is 0 Å². The van der Waals surface area contributed by atoms with Crippen molar-refractivity contribution >= 4 is 23.9 Å². The molecule has 3 heteroatoms. The number of carbonyl (C=O) groups is 2. The summed E-state index contributed by atoms with van der Waals surface area (Å²) < 4.78 is 0. The van der Waals surface area contributed by atoms with E-state index in [9.17, 15) is 9.59 Å². The van der Waals surface area contributed by atoms with E-state index in [-0.39, 0.29) is 5.78 Å². The summed E-state index contributed by atoms with van der Waals surface area (Å²) >= 11 is 0. The van der Waals surface area contributed by atoms with E-state index in [0.29, 0.717) is 0 Å². The van der Waals surface area contributed by atoms with E-state index in [2.05, 4.69) is 0 Å². The van der Waals surface area contributed by atoms with Crippen molar-refractivity contribution in [2.45, 2.75) is 6.92 Å². The van der Waals surface area contributed by atoms with Gasteiger partial charge in [-0.2, -0.15) is 0 Å². The van der Waals surface area contributed by atoms with Crippen LogP contribution < -0.4 is 0 Å². The standard InChI is InChI=1S/C13H12O3/c1-10(14)2-3-11-4-6-12(7-5-11)8-9-13(15)16/h2-9H,1H3,(H,15,16)/b3-2+,9-8+. The van der Waals surface area contributed by atoms with Crippen LogP contribution in [0.1, 0.15) is 18.1 Å². The van der Waals surface area contributed by atoms with E-state index < -0.39 is 5.97 Å². The second-order valence-corrected chi connectivity index (χ2v) is 3.28. The predicted molar refractivity (Wildman–Crippen MR) is 62.8 cm³/mol. The number of aliphatic carboxylic acids is 1. The monoisotopic (exact) mass is 216 g/mol. The molecular weight excluding hydrogens is 204 g/mol. The molecular formula is C13H12O3. The zero-order valence-corrected chi connectivity index (χ0v) is 8.88. The molecule has 0 heterocycles. The molecule has 16 heavy (non-hydrogen) atoms. The molecule has 1 N–H and O–H groups in total. The van der Waals surface area contributed by atoms with Crippen LogP contribution >= 0.6 is 0 Å².